The van der Waals surface area contributed by atoms with Crippen molar-refractivity contribution >= 4 is 0 Å². The van der Waals surface area contributed by atoms with E-state index in [0.717, 1.165) is 18.3 Å². The summed E-state index contributed by atoms with van der Waals surface area (Å²) < 4.78 is 36.8. The molecular weight excluding hydrogens is 205 g/mol. The first-order chi connectivity index (χ1) is 7.04. The molecule has 0 atom stereocenters. The number of nitrogens with two attached hydrogens (primary N) is 1. The third kappa shape index (κ3) is 3.60. The summed E-state index contributed by atoms with van der Waals surface area (Å²) in [6.45, 7) is 0.381. The Balaban J connectivity index is 2.90. The second kappa shape index (κ2) is 4.80. The Morgan fingerprint density at radius 2 is 2.13 bits per heavy atom. The first-order valence-corrected chi connectivity index (χ1v) is 4.26. The molecule has 2 nitrogen and oxygen atoms in total. The molecule has 0 saturated heterocycles. The largest absolute Gasteiger partial charge is 0.416 e. The van der Waals surface area contributed by atoms with Crippen LogP contribution in [0.25, 0.3) is 0 Å². The number of rotatable bonds is 1. The Kier molecular flexibility index (Phi) is 3.69. The maximum absolute atomic E-state index is 12.3. The second-order valence-corrected chi connectivity index (χ2v) is 2.77. The lowest BCUT2D eigenvalue weighted by Gasteiger charge is -2.05. The average molecular weight is 214 g/mol. The number of halogens is 3. The van der Waals surface area contributed by atoms with Crippen LogP contribution in [-0.4, -0.2) is 11.5 Å². The van der Waals surface area contributed by atoms with Crippen molar-refractivity contribution in [1.29, 1.82) is 0 Å². The van der Waals surface area contributed by atoms with Gasteiger partial charge in [-0.15, -0.1) is 0 Å². The highest BCUT2D eigenvalue weighted by Gasteiger charge is 2.30. The number of aromatic nitrogens is 1. The van der Waals surface area contributed by atoms with Gasteiger partial charge in [0.05, 0.1) is 5.56 Å². The molecule has 1 aromatic rings. The molecule has 0 aliphatic carbocycles. The Labute approximate surface area is 85.3 Å². The Hall–Kier alpha value is -1.54. The van der Waals surface area contributed by atoms with Gasteiger partial charge in [-0.3, -0.25) is 0 Å². The quantitative estimate of drug-likeness (QED) is 0.724. The number of hydrogen-bond donors (Lipinski definition) is 1. The normalized spacial score (nSPS) is 10.7. The van der Waals surface area contributed by atoms with E-state index in [1.807, 2.05) is 0 Å². The van der Waals surface area contributed by atoms with Gasteiger partial charge in [-0.2, -0.15) is 13.2 Å². The molecule has 0 saturated carbocycles. The van der Waals surface area contributed by atoms with E-state index < -0.39 is 11.7 Å². The van der Waals surface area contributed by atoms with Crippen molar-refractivity contribution in [3.63, 3.8) is 0 Å². The predicted octanol–water partition coefficient (Wildman–Crippen LogP) is 1.80. The molecule has 0 aliphatic rings. The van der Waals surface area contributed by atoms with Crippen LogP contribution in [0.1, 0.15) is 17.7 Å². The highest BCUT2D eigenvalue weighted by molar-refractivity contribution is 5.31. The van der Waals surface area contributed by atoms with Crippen LogP contribution >= 0.6 is 0 Å². The minimum Gasteiger partial charge on any atom is -0.330 e. The molecule has 0 fully saturated rings. The molecular formula is C10H9F3N2. The molecule has 1 heterocycles. The summed E-state index contributed by atoms with van der Waals surface area (Å²) in [5, 5.41) is 0. The third-order valence-corrected chi connectivity index (χ3v) is 1.57. The number of nitrogens with zero attached hydrogens (tertiary/aromatic N) is 1. The molecule has 0 spiro atoms. The van der Waals surface area contributed by atoms with Crippen LogP contribution < -0.4 is 5.73 Å². The van der Waals surface area contributed by atoms with Gasteiger partial charge in [0.1, 0.15) is 5.69 Å². The van der Waals surface area contributed by atoms with Gasteiger partial charge in [0.2, 0.25) is 0 Å². The van der Waals surface area contributed by atoms with Crippen LogP contribution in [0.3, 0.4) is 0 Å². The zero-order valence-electron chi connectivity index (χ0n) is 7.80. The SMILES string of the molecule is NCCC#Cc1cc(C(F)(F)F)ccn1. The maximum atomic E-state index is 12.3. The number of hydrogen-bond acceptors (Lipinski definition) is 2. The van der Waals surface area contributed by atoms with Gasteiger partial charge in [-0.1, -0.05) is 5.92 Å². The van der Waals surface area contributed by atoms with Crippen LogP contribution in [0, 0.1) is 11.8 Å². The lowest BCUT2D eigenvalue weighted by atomic mass is 10.2. The van der Waals surface area contributed by atoms with E-state index in [1.165, 1.54) is 0 Å². The van der Waals surface area contributed by atoms with E-state index >= 15 is 0 Å². The molecule has 1 rings (SSSR count). The van der Waals surface area contributed by atoms with E-state index in [0.29, 0.717) is 13.0 Å². The molecule has 0 bridgehead atoms. The molecule has 0 amide bonds. The summed E-state index contributed by atoms with van der Waals surface area (Å²) in [5.41, 5.74) is 4.56. The number of pyridine rings is 1. The fourth-order valence-corrected chi connectivity index (χ4v) is 0.900. The average Bonchev–Trinajstić information content (AvgIpc) is 2.17. The molecule has 80 valence electrons. The van der Waals surface area contributed by atoms with Gasteiger partial charge in [0.15, 0.2) is 0 Å². The zero-order valence-corrected chi connectivity index (χ0v) is 7.80. The van der Waals surface area contributed by atoms with E-state index in [4.69, 9.17) is 5.73 Å². The van der Waals surface area contributed by atoms with Crippen LogP contribution in [-0.2, 0) is 6.18 Å². The van der Waals surface area contributed by atoms with Crippen LogP contribution in [0.5, 0.6) is 0 Å². The molecule has 1 aromatic heterocycles. The van der Waals surface area contributed by atoms with Crippen LogP contribution in [0.2, 0.25) is 0 Å². The van der Waals surface area contributed by atoms with Gasteiger partial charge >= 0.3 is 6.18 Å². The van der Waals surface area contributed by atoms with Crippen LogP contribution in [0.15, 0.2) is 18.3 Å². The minimum absolute atomic E-state index is 0.110. The summed E-state index contributed by atoms with van der Waals surface area (Å²) in [6, 6.07) is 1.83. The predicted molar refractivity (Wildman–Crippen MR) is 49.8 cm³/mol. The molecule has 2 N–H and O–H groups in total. The lowest BCUT2D eigenvalue weighted by Crippen LogP contribution is -2.05. The van der Waals surface area contributed by atoms with Crippen molar-refractivity contribution in [2.45, 2.75) is 12.6 Å². The smallest absolute Gasteiger partial charge is 0.330 e. The fraction of sp³-hybridized carbons (Fsp3) is 0.300. The number of alkyl halides is 3. The Bertz CT molecular complexity index is 388. The van der Waals surface area contributed by atoms with Crippen molar-refractivity contribution < 1.29 is 13.2 Å². The standard InChI is InChI=1S/C10H9F3N2/c11-10(12,13)8-4-6-15-9(7-8)3-1-2-5-14/h4,6-7H,2,5,14H2. The van der Waals surface area contributed by atoms with Gasteiger partial charge in [-0.25, -0.2) is 4.98 Å². The van der Waals surface area contributed by atoms with Gasteiger partial charge in [-0.05, 0) is 18.1 Å². The summed E-state index contributed by atoms with van der Waals surface area (Å²) in [7, 11) is 0. The minimum atomic E-state index is -4.35. The van der Waals surface area contributed by atoms with Crippen molar-refractivity contribution in [2.75, 3.05) is 6.54 Å². The van der Waals surface area contributed by atoms with Gasteiger partial charge in [0.25, 0.3) is 0 Å². The highest BCUT2D eigenvalue weighted by atomic mass is 19.4. The second-order valence-electron chi connectivity index (χ2n) is 2.77. The van der Waals surface area contributed by atoms with Crippen molar-refractivity contribution in [2.24, 2.45) is 5.73 Å². The lowest BCUT2D eigenvalue weighted by molar-refractivity contribution is -0.137. The Morgan fingerprint density at radius 3 is 2.73 bits per heavy atom. The fourth-order valence-electron chi connectivity index (χ4n) is 0.900. The van der Waals surface area contributed by atoms with Crippen molar-refractivity contribution in [1.82, 2.24) is 4.98 Å². The van der Waals surface area contributed by atoms with E-state index in [9.17, 15) is 13.2 Å². The van der Waals surface area contributed by atoms with E-state index in [-0.39, 0.29) is 5.69 Å². The molecule has 0 aliphatic heterocycles. The van der Waals surface area contributed by atoms with Crippen molar-refractivity contribution in [3.05, 3.63) is 29.6 Å². The van der Waals surface area contributed by atoms with Gasteiger partial charge in [0, 0.05) is 19.2 Å². The molecule has 0 aromatic carbocycles. The van der Waals surface area contributed by atoms with Crippen molar-refractivity contribution in [3.8, 4) is 11.8 Å². The highest BCUT2D eigenvalue weighted by Crippen LogP contribution is 2.28. The summed E-state index contributed by atoms with van der Waals surface area (Å²) >= 11 is 0. The zero-order chi connectivity index (χ0) is 11.3. The van der Waals surface area contributed by atoms with Crippen LogP contribution in [0.4, 0.5) is 13.2 Å². The van der Waals surface area contributed by atoms with Gasteiger partial charge < -0.3 is 5.73 Å². The monoisotopic (exact) mass is 214 g/mol. The summed E-state index contributed by atoms with van der Waals surface area (Å²) in [4.78, 5) is 3.71. The molecule has 0 radical (unpaired) electrons. The van der Waals surface area contributed by atoms with E-state index in [1.54, 1.807) is 0 Å². The maximum Gasteiger partial charge on any atom is 0.416 e. The molecule has 15 heavy (non-hydrogen) atoms. The van der Waals surface area contributed by atoms with E-state index in [2.05, 4.69) is 16.8 Å². The first-order valence-electron chi connectivity index (χ1n) is 4.26. The third-order valence-electron chi connectivity index (χ3n) is 1.57. The Morgan fingerprint density at radius 1 is 1.40 bits per heavy atom. The first kappa shape index (κ1) is 11.5. The molecule has 0 unspecified atom stereocenters. The topological polar surface area (TPSA) is 38.9 Å². The molecule has 5 heteroatoms. The summed E-state index contributed by atoms with van der Waals surface area (Å²) in [6.07, 6.45) is -2.82. The summed E-state index contributed by atoms with van der Waals surface area (Å²) in [5.74, 6) is 5.14.